The molecule has 1 atom stereocenters. The van der Waals surface area contributed by atoms with Crippen molar-refractivity contribution in [3.05, 3.63) is 28.7 Å². The molecule has 4 nitrogen and oxygen atoms in total. The lowest BCUT2D eigenvalue weighted by atomic mass is 10.1. The first-order valence-electron chi connectivity index (χ1n) is 5.29. The second-order valence-electron chi connectivity index (χ2n) is 3.91. The van der Waals surface area contributed by atoms with E-state index in [1.54, 1.807) is 12.1 Å². The molecule has 1 N–H and O–H groups in total. The van der Waals surface area contributed by atoms with E-state index in [1.807, 2.05) is 26.0 Å². The number of nitrogens with one attached hydrogen (secondary N) is 1. The van der Waals surface area contributed by atoms with Crippen LogP contribution in [0.3, 0.4) is 0 Å². The van der Waals surface area contributed by atoms with Gasteiger partial charge in [-0.2, -0.15) is 0 Å². The lowest BCUT2D eigenvalue weighted by molar-refractivity contribution is -0.140. The highest BCUT2D eigenvalue weighted by molar-refractivity contribution is 9.10. The third kappa shape index (κ3) is 4.36. The van der Waals surface area contributed by atoms with Crippen molar-refractivity contribution in [2.24, 2.45) is 5.92 Å². The monoisotopic (exact) mass is 301 g/mol. The van der Waals surface area contributed by atoms with Crippen LogP contribution in [-0.2, 0) is 9.63 Å². The maximum Gasteiger partial charge on any atom is 0.284 e. The molecule has 0 aliphatic rings. The Morgan fingerprint density at radius 1 is 1.29 bits per heavy atom. The fourth-order valence-corrected chi connectivity index (χ4v) is 1.58. The van der Waals surface area contributed by atoms with Crippen LogP contribution < -0.4 is 10.2 Å². The van der Waals surface area contributed by atoms with E-state index in [1.165, 1.54) is 7.11 Å². The number of carbonyl (C=O) groups is 1. The summed E-state index contributed by atoms with van der Waals surface area (Å²) in [5.74, 6) is 0.414. The van der Waals surface area contributed by atoms with Crippen LogP contribution in [0.25, 0.3) is 0 Å². The van der Waals surface area contributed by atoms with Crippen LogP contribution in [0.15, 0.2) is 28.7 Å². The van der Waals surface area contributed by atoms with Gasteiger partial charge in [-0.15, -0.1) is 0 Å². The first-order chi connectivity index (χ1) is 8.04. The average Bonchev–Trinajstić information content (AvgIpc) is 2.28. The van der Waals surface area contributed by atoms with Crippen LogP contribution in [0.1, 0.15) is 13.8 Å². The maximum atomic E-state index is 11.7. The van der Waals surface area contributed by atoms with Crippen LogP contribution >= 0.6 is 15.9 Å². The van der Waals surface area contributed by atoms with Gasteiger partial charge in [-0.1, -0.05) is 29.8 Å². The largest absolute Gasteiger partial charge is 0.480 e. The lowest BCUT2D eigenvalue weighted by Gasteiger charge is -2.21. The molecule has 17 heavy (non-hydrogen) atoms. The van der Waals surface area contributed by atoms with Crippen molar-refractivity contribution in [3.8, 4) is 5.75 Å². The van der Waals surface area contributed by atoms with E-state index in [4.69, 9.17) is 4.74 Å². The van der Waals surface area contributed by atoms with Crippen LogP contribution in [-0.4, -0.2) is 19.1 Å². The summed E-state index contributed by atoms with van der Waals surface area (Å²) in [7, 11) is 1.40. The summed E-state index contributed by atoms with van der Waals surface area (Å²) < 4.78 is 6.60. The molecular formula is C12H16BrNO3. The molecule has 0 radical (unpaired) electrons. The minimum atomic E-state index is -0.573. The Morgan fingerprint density at radius 2 is 1.88 bits per heavy atom. The zero-order chi connectivity index (χ0) is 12.8. The highest BCUT2D eigenvalue weighted by atomic mass is 79.9. The Labute approximate surface area is 109 Å². The second kappa shape index (κ2) is 6.61. The van der Waals surface area contributed by atoms with E-state index in [0.717, 1.165) is 4.47 Å². The standard InChI is InChI=1S/C12H16BrNO3/c1-8(2)11(12(15)14-16-3)17-10-6-4-9(13)5-7-10/h4-8,11H,1-3H3,(H,14,15)/t11-/m0/s1. The zero-order valence-electron chi connectivity index (χ0n) is 10.1. The number of carbonyl (C=O) groups excluding carboxylic acids is 1. The fourth-order valence-electron chi connectivity index (χ4n) is 1.31. The molecule has 1 aromatic carbocycles. The predicted molar refractivity (Wildman–Crippen MR) is 68.5 cm³/mol. The van der Waals surface area contributed by atoms with Crippen molar-refractivity contribution in [2.75, 3.05) is 7.11 Å². The SMILES string of the molecule is CONC(=O)[C@@H](Oc1ccc(Br)cc1)C(C)C. The molecule has 0 spiro atoms. The summed E-state index contributed by atoms with van der Waals surface area (Å²) in [5, 5.41) is 0. The maximum absolute atomic E-state index is 11.7. The highest BCUT2D eigenvalue weighted by Gasteiger charge is 2.24. The first-order valence-corrected chi connectivity index (χ1v) is 6.09. The molecule has 0 bridgehead atoms. The van der Waals surface area contributed by atoms with E-state index in [0.29, 0.717) is 5.75 Å². The number of hydroxylamine groups is 1. The van der Waals surface area contributed by atoms with Gasteiger partial charge in [0.2, 0.25) is 0 Å². The topological polar surface area (TPSA) is 47.6 Å². The Hall–Kier alpha value is -1.07. The van der Waals surface area contributed by atoms with Crippen LogP contribution in [0.5, 0.6) is 5.75 Å². The van der Waals surface area contributed by atoms with Crippen LogP contribution in [0, 0.1) is 5.92 Å². The van der Waals surface area contributed by atoms with Crippen molar-refractivity contribution >= 4 is 21.8 Å². The minimum absolute atomic E-state index is 0.0498. The second-order valence-corrected chi connectivity index (χ2v) is 4.82. The van der Waals surface area contributed by atoms with Gasteiger partial charge in [-0.25, -0.2) is 5.48 Å². The van der Waals surface area contributed by atoms with Gasteiger partial charge in [0.1, 0.15) is 5.75 Å². The summed E-state index contributed by atoms with van der Waals surface area (Å²) in [6.07, 6.45) is -0.573. The molecule has 0 heterocycles. The Bertz CT molecular complexity index is 365. The smallest absolute Gasteiger partial charge is 0.284 e. The van der Waals surface area contributed by atoms with Gasteiger partial charge in [-0.3, -0.25) is 9.63 Å². The molecule has 1 aromatic rings. The minimum Gasteiger partial charge on any atom is -0.480 e. The number of amides is 1. The summed E-state index contributed by atoms with van der Waals surface area (Å²) in [6.45, 7) is 3.83. The normalized spacial score (nSPS) is 12.3. The molecule has 0 aromatic heterocycles. The van der Waals surface area contributed by atoms with Gasteiger partial charge in [0.25, 0.3) is 5.91 Å². The molecule has 0 saturated heterocycles. The molecule has 5 heteroatoms. The number of hydrogen-bond acceptors (Lipinski definition) is 3. The van der Waals surface area contributed by atoms with Crippen LogP contribution in [0.4, 0.5) is 0 Å². The van der Waals surface area contributed by atoms with Crippen molar-refractivity contribution in [1.29, 1.82) is 0 Å². The highest BCUT2D eigenvalue weighted by Crippen LogP contribution is 2.19. The van der Waals surface area contributed by atoms with Crippen LogP contribution in [0.2, 0.25) is 0 Å². The molecule has 0 saturated carbocycles. The van der Waals surface area contributed by atoms with Crippen molar-refractivity contribution in [3.63, 3.8) is 0 Å². The van der Waals surface area contributed by atoms with Gasteiger partial charge in [0.15, 0.2) is 6.10 Å². The van der Waals surface area contributed by atoms with Crippen molar-refractivity contribution in [1.82, 2.24) is 5.48 Å². The number of hydrogen-bond donors (Lipinski definition) is 1. The third-order valence-electron chi connectivity index (χ3n) is 2.14. The molecule has 94 valence electrons. The van der Waals surface area contributed by atoms with Crippen molar-refractivity contribution in [2.45, 2.75) is 20.0 Å². The summed E-state index contributed by atoms with van der Waals surface area (Å²) in [4.78, 5) is 16.3. The Balaban J connectivity index is 2.73. The quantitative estimate of drug-likeness (QED) is 0.850. The lowest BCUT2D eigenvalue weighted by Crippen LogP contribution is -2.41. The molecule has 0 aliphatic heterocycles. The van der Waals surface area contributed by atoms with E-state index in [9.17, 15) is 4.79 Å². The molecular weight excluding hydrogens is 286 g/mol. The van der Waals surface area contributed by atoms with E-state index in [-0.39, 0.29) is 11.8 Å². The Kier molecular flexibility index (Phi) is 5.44. The summed E-state index contributed by atoms with van der Waals surface area (Å²) in [5.41, 5.74) is 2.29. The molecule has 1 amide bonds. The van der Waals surface area contributed by atoms with Gasteiger partial charge in [0, 0.05) is 4.47 Å². The van der Waals surface area contributed by atoms with E-state index in [2.05, 4.69) is 26.2 Å². The summed E-state index contributed by atoms with van der Waals surface area (Å²) >= 11 is 3.34. The van der Waals surface area contributed by atoms with Gasteiger partial charge < -0.3 is 4.74 Å². The van der Waals surface area contributed by atoms with Gasteiger partial charge >= 0.3 is 0 Å². The first kappa shape index (κ1) is 14.0. The zero-order valence-corrected chi connectivity index (χ0v) is 11.7. The number of halogens is 1. The third-order valence-corrected chi connectivity index (χ3v) is 2.67. The van der Waals surface area contributed by atoms with E-state index >= 15 is 0 Å². The van der Waals surface area contributed by atoms with Gasteiger partial charge in [0.05, 0.1) is 7.11 Å². The fraction of sp³-hybridized carbons (Fsp3) is 0.417. The number of rotatable bonds is 5. The predicted octanol–water partition coefficient (Wildman–Crippen LogP) is 2.53. The average molecular weight is 302 g/mol. The Morgan fingerprint density at radius 3 is 2.35 bits per heavy atom. The van der Waals surface area contributed by atoms with Crippen molar-refractivity contribution < 1.29 is 14.4 Å². The molecule has 0 unspecified atom stereocenters. The number of benzene rings is 1. The molecule has 1 rings (SSSR count). The summed E-state index contributed by atoms with van der Waals surface area (Å²) in [6, 6.07) is 7.33. The van der Waals surface area contributed by atoms with Gasteiger partial charge in [-0.05, 0) is 30.2 Å². The molecule has 0 fully saturated rings. The number of ether oxygens (including phenoxy) is 1. The molecule has 0 aliphatic carbocycles. The van der Waals surface area contributed by atoms with E-state index < -0.39 is 6.10 Å².